The molecule has 0 spiro atoms. The molecule has 0 fully saturated rings. The van der Waals surface area contributed by atoms with Crippen LogP contribution in [-0.4, -0.2) is 11.2 Å². The molecule has 1 aromatic rings. The van der Waals surface area contributed by atoms with Gasteiger partial charge in [-0.05, 0) is 32.4 Å². The first kappa shape index (κ1) is 10.9. The number of rotatable bonds is 4. The Morgan fingerprint density at radius 3 is 2.79 bits per heavy atom. The van der Waals surface area contributed by atoms with Crippen molar-refractivity contribution in [1.29, 1.82) is 0 Å². The summed E-state index contributed by atoms with van der Waals surface area (Å²) in [5.74, 6) is 1.08. The van der Waals surface area contributed by atoms with Crippen molar-refractivity contribution in [2.75, 3.05) is 0 Å². The third kappa shape index (κ3) is 2.66. The first-order valence-electron chi connectivity index (χ1n) is 5.10. The van der Waals surface area contributed by atoms with Crippen molar-refractivity contribution < 1.29 is 9.84 Å². The summed E-state index contributed by atoms with van der Waals surface area (Å²) < 4.78 is 5.71. The predicted octanol–water partition coefficient (Wildman–Crippen LogP) is 3.27. The van der Waals surface area contributed by atoms with Gasteiger partial charge in [0.15, 0.2) is 0 Å². The molecule has 1 atom stereocenters. The maximum Gasteiger partial charge on any atom is 0.126 e. The summed E-state index contributed by atoms with van der Waals surface area (Å²) in [5.41, 5.74) is 0.815. The van der Waals surface area contributed by atoms with Gasteiger partial charge in [0.2, 0.25) is 0 Å². The lowest BCUT2D eigenvalue weighted by atomic mass is 10.2. The van der Waals surface area contributed by atoms with Crippen molar-refractivity contribution in [1.82, 2.24) is 0 Å². The molecule has 78 valence electrons. The maximum absolute atomic E-state index is 9.46. The Hall–Kier alpha value is -1.18. The molecule has 0 saturated heterocycles. The van der Waals surface area contributed by atoms with E-state index in [1.54, 1.807) is 12.1 Å². The second-order valence-electron chi connectivity index (χ2n) is 3.62. The lowest BCUT2D eigenvalue weighted by Crippen LogP contribution is -2.11. The molecule has 0 heterocycles. The van der Waals surface area contributed by atoms with Gasteiger partial charge in [-0.15, -0.1) is 0 Å². The van der Waals surface area contributed by atoms with Gasteiger partial charge in [-0.2, -0.15) is 0 Å². The Balaban J connectivity index is 2.71. The minimum absolute atomic E-state index is 0.209. The fourth-order valence-electron chi connectivity index (χ4n) is 1.41. The summed E-state index contributed by atoms with van der Waals surface area (Å²) in [7, 11) is 0. The van der Waals surface area contributed by atoms with Crippen LogP contribution in [0.5, 0.6) is 11.5 Å². The maximum atomic E-state index is 9.46. The largest absolute Gasteiger partial charge is 0.508 e. The van der Waals surface area contributed by atoms with Crippen molar-refractivity contribution in [2.45, 2.75) is 39.7 Å². The Labute approximate surface area is 85.5 Å². The van der Waals surface area contributed by atoms with Gasteiger partial charge in [0, 0.05) is 5.56 Å². The second kappa shape index (κ2) is 4.89. The van der Waals surface area contributed by atoms with Crippen molar-refractivity contribution in [2.24, 2.45) is 0 Å². The van der Waals surface area contributed by atoms with Gasteiger partial charge in [-0.1, -0.05) is 19.4 Å². The molecule has 0 aromatic heterocycles. The van der Waals surface area contributed by atoms with Gasteiger partial charge in [0.1, 0.15) is 11.5 Å². The molecule has 14 heavy (non-hydrogen) atoms. The van der Waals surface area contributed by atoms with E-state index in [9.17, 15) is 5.11 Å². The van der Waals surface area contributed by atoms with E-state index in [1.807, 2.05) is 19.9 Å². The molecule has 0 aliphatic carbocycles. The number of hydrogen-bond acceptors (Lipinski definition) is 2. The molecule has 0 aliphatic rings. The smallest absolute Gasteiger partial charge is 0.126 e. The first-order valence-corrected chi connectivity index (χ1v) is 5.10. The highest BCUT2D eigenvalue weighted by Gasteiger charge is 2.07. The van der Waals surface area contributed by atoms with Crippen LogP contribution in [0.4, 0.5) is 0 Å². The molecule has 0 saturated carbocycles. The summed E-state index contributed by atoms with van der Waals surface area (Å²) in [6.45, 7) is 6.05. The molecular formula is C12H18O2. The van der Waals surface area contributed by atoms with Gasteiger partial charge in [-0.3, -0.25) is 0 Å². The standard InChI is InChI=1S/C12H18O2/c1-4-6-9(2)14-12-8-5-7-11(13)10(12)3/h5,7-9,13H,4,6H2,1-3H3. The third-order valence-corrected chi connectivity index (χ3v) is 2.28. The van der Waals surface area contributed by atoms with Crippen LogP contribution in [0.1, 0.15) is 32.3 Å². The Bertz CT molecular complexity index is 294. The molecule has 0 radical (unpaired) electrons. The first-order chi connectivity index (χ1) is 6.65. The number of phenolic OH excluding ortho intramolecular Hbond substituents is 1. The number of hydrogen-bond donors (Lipinski definition) is 1. The van der Waals surface area contributed by atoms with Crippen LogP contribution in [-0.2, 0) is 0 Å². The third-order valence-electron chi connectivity index (χ3n) is 2.28. The summed E-state index contributed by atoms with van der Waals surface area (Å²) in [4.78, 5) is 0. The topological polar surface area (TPSA) is 29.5 Å². The normalized spacial score (nSPS) is 12.5. The van der Waals surface area contributed by atoms with Crippen LogP contribution in [0.25, 0.3) is 0 Å². The van der Waals surface area contributed by atoms with E-state index >= 15 is 0 Å². The molecule has 1 aromatic carbocycles. The van der Waals surface area contributed by atoms with E-state index in [2.05, 4.69) is 6.92 Å². The predicted molar refractivity (Wildman–Crippen MR) is 57.8 cm³/mol. The molecule has 2 heteroatoms. The molecule has 1 N–H and O–H groups in total. The highest BCUT2D eigenvalue weighted by Crippen LogP contribution is 2.27. The lowest BCUT2D eigenvalue weighted by molar-refractivity contribution is 0.207. The van der Waals surface area contributed by atoms with Crippen LogP contribution in [0, 0.1) is 6.92 Å². The SMILES string of the molecule is CCCC(C)Oc1cccc(O)c1C. The second-order valence-corrected chi connectivity index (χ2v) is 3.62. The van der Waals surface area contributed by atoms with Crippen LogP contribution >= 0.6 is 0 Å². The Morgan fingerprint density at radius 1 is 1.43 bits per heavy atom. The number of phenols is 1. The van der Waals surface area contributed by atoms with E-state index in [4.69, 9.17) is 4.74 Å². The van der Waals surface area contributed by atoms with Crippen LogP contribution in [0.15, 0.2) is 18.2 Å². The highest BCUT2D eigenvalue weighted by atomic mass is 16.5. The molecule has 1 rings (SSSR count). The quantitative estimate of drug-likeness (QED) is 0.797. The molecule has 0 amide bonds. The molecule has 0 aliphatic heterocycles. The van der Waals surface area contributed by atoms with Crippen molar-refractivity contribution >= 4 is 0 Å². The zero-order chi connectivity index (χ0) is 10.6. The summed E-state index contributed by atoms with van der Waals surface area (Å²) in [6.07, 6.45) is 2.36. The Kier molecular flexibility index (Phi) is 3.81. The zero-order valence-electron chi connectivity index (χ0n) is 9.08. The average Bonchev–Trinajstić information content (AvgIpc) is 2.13. The van der Waals surface area contributed by atoms with Gasteiger partial charge in [0.05, 0.1) is 6.10 Å². The van der Waals surface area contributed by atoms with Gasteiger partial charge >= 0.3 is 0 Å². The monoisotopic (exact) mass is 194 g/mol. The zero-order valence-corrected chi connectivity index (χ0v) is 9.08. The van der Waals surface area contributed by atoms with Crippen LogP contribution < -0.4 is 4.74 Å². The van der Waals surface area contributed by atoms with Crippen LogP contribution in [0.3, 0.4) is 0 Å². The molecular weight excluding hydrogens is 176 g/mol. The van der Waals surface area contributed by atoms with Crippen molar-refractivity contribution in [3.63, 3.8) is 0 Å². The van der Waals surface area contributed by atoms with E-state index in [-0.39, 0.29) is 6.10 Å². The fourth-order valence-corrected chi connectivity index (χ4v) is 1.41. The molecule has 2 nitrogen and oxygen atoms in total. The number of benzene rings is 1. The molecule has 1 unspecified atom stereocenters. The van der Waals surface area contributed by atoms with Gasteiger partial charge in [-0.25, -0.2) is 0 Å². The molecule has 0 bridgehead atoms. The summed E-state index contributed by atoms with van der Waals surface area (Å²) in [6, 6.07) is 5.37. The van der Waals surface area contributed by atoms with Crippen molar-refractivity contribution in [3.05, 3.63) is 23.8 Å². The number of aromatic hydroxyl groups is 1. The minimum Gasteiger partial charge on any atom is -0.508 e. The fraction of sp³-hybridized carbons (Fsp3) is 0.500. The summed E-state index contributed by atoms with van der Waals surface area (Å²) in [5, 5.41) is 9.46. The van der Waals surface area contributed by atoms with E-state index in [0.29, 0.717) is 5.75 Å². The van der Waals surface area contributed by atoms with E-state index in [0.717, 1.165) is 24.2 Å². The van der Waals surface area contributed by atoms with Gasteiger partial charge in [0.25, 0.3) is 0 Å². The Morgan fingerprint density at radius 2 is 2.14 bits per heavy atom. The highest BCUT2D eigenvalue weighted by molar-refractivity contribution is 5.42. The van der Waals surface area contributed by atoms with Crippen LogP contribution in [0.2, 0.25) is 0 Å². The van der Waals surface area contributed by atoms with E-state index in [1.165, 1.54) is 0 Å². The number of ether oxygens (including phenoxy) is 1. The van der Waals surface area contributed by atoms with E-state index < -0.39 is 0 Å². The van der Waals surface area contributed by atoms with Crippen molar-refractivity contribution in [3.8, 4) is 11.5 Å². The van der Waals surface area contributed by atoms with Gasteiger partial charge < -0.3 is 9.84 Å². The average molecular weight is 194 g/mol. The summed E-state index contributed by atoms with van der Waals surface area (Å²) >= 11 is 0. The minimum atomic E-state index is 0.209. The lowest BCUT2D eigenvalue weighted by Gasteiger charge is -2.15.